The fourth-order valence-electron chi connectivity index (χ4n) is 2.97. The lowest BCUT2D eigenvalue weighted by atomic mass is 10.4. The summed E-state index contributed by atoms with van der Waals surface area (Å²) < 4.78 is 0. The number of amides is 2. The van der Waals surface area contributed by atoms with Gasteiger partial charge in [-0.1, -0.05) is 0 Å². The molecule has 102 valence electrons. The Morgan fingerprint density at radius 3 is 2.68 bits per heavy atom. The Hall–Kier alpha value is -1.62. The highest BCUT2D eigenvalue weighted by molar-refractivity contribution is 5.94. The molecule has 3 heterocycles. The lowest BCUT2D eigenvalue weighted by Gasteiger charge is -2.32. The zero-order chi connectivity index (χ0) is 13.2. The second-order valence-electron chi connectivity index (χ2n) is 5.21. The van der Waals surface area contributed by atoms with Gasteiger partial charge in [-0.2, -0.15) is 0 Å². The van der Waals surface area contributed by atoms with Crippen molar-refractivity contribution >= 4 is 11.7 Å². The van der Waals surface area contributed by atoms with Crippen LogP contribution in [-0.2, 0) is 0 Å². The van der Waals surface area contributed by atoms with Crippen LogP contribution in [0.1, 0.15) is 19.8 Å². The molecule has 0 radical (unpaired) electrons. The highest BCUT2D eigenvalue weighted by Gasteiger charge is 2.35. The van der Waals surface area contributed by atoms with Crippen molar-refractivity contribution in [3.63, 3.8) is 0 Å². The van der Waals surface area contributed by atoms with Gasteiger partial charge in [-0.15, -0.1) is 0 Å². The van der Waals surface area contributed by atoms with Gasteiger partial charge in [0.1, 0.15) is 0 Å². The first-order chi connectivity index (χ1) is 9.27. The number of likely N-dealkylation sites (tertiary alicyclic amines) is 1. The van der Waals surface area contributed by atoms with Gasteiger partial charge in [0.2, 0.25) is 0 Å². The van der Waals surface area contributed by atoms with Crippen molar-refractivity contribution in [3.8, 4) is 0 Å². The molecular formula is C14H20N4O. The molecule has 2 aliphatic rings. The van der Waals surface area contributed by atoms with E-state index in [4.69, 9.17) is 0 Å². The van der Waals surface area contributed by atoms with Gasteiger partial charge in [0.05, 0.1) is 18.1 Å². The van der Waals surface area contributed by atoms with Crippen LogP contribution in [0.25, 0.3) is 0 Å². The van der Waals surface area contributed by atoms with E-state index in [1.807, 2.05) is 21.9 Å². The summed E-state index contributed by atoms with van der Waals surface area (Å²) in [5.74, 6) is 0. The number of hydrogen-bond donors (Lipinski definition) is 0. The van der Waals surface area contributed by atoms with Crippen LogP contribution in [-0.4, -0.2) is 53.2 Å². The van der Waals surface area contributed by atoms with Crippen molar-refractivity contribution in [2.24, 2.45) is 0 Å². The number of anilines is 1. The van der Waals surface area contributed by atoms with E-state index in [9.17, 15) is 4.79 Å². The summed E-state index contributed by atoms with van der Waals surface area (Å²) in [5, 5.41) is 0. The molecule has 2 saturated heterocycles. The van der Waals surface area contributed by atoms with E-state index in [2.05, 4.69) is 16.8 Å². The molecular weight excluding hydrogens is 240 g/mol. The Kier molecular flexibility index (Phi) is 3.38. The predicted octanol–water partition coefficient (Wildman–Crippen LogP) is 1.77. The smallest absolute Gasteiger partial charge is 0.307 e. The molecule has 0 aromatic carbocycles. The summed E-state index contributed by atoms with van der Waals surface area (Å²) >= 11 is 0. The first kappa shape index (κ1) is 12.4. The Bertz CT molecular complexity index is 444. The van der Waals surface area contributed by atoms with Crippen LogP contribution in [0.3, 0.4) is 0 Å². The first-order valence-electron chi connectivity index (χ1n) is 6.99. The van der Waals surface area contributed by atoms with Crippen molar-refractivity contribution in [2.45, 2.75) is 25.9 Å². The van der Waals surface area contributed by atoms with E-state index in [0.29, 0.717) is 0 Å². The van der Waals surface area contributed by atoms with Crippen molar-refractivity contribution in [1.82, 2.24) is 14.8 Å². The normalized spacial score (nSPS) is 22.3. The largest absolute Gasteiger partial charge is 0.325 e. The predicted molar refractivity (Wildman–Crippen MR) is 74.0 cm³/mol. The van der Waals surface area contributed by atoms with Crippen LogP contribution in [0.4, 0.5) is 10.5 Å². The Labute approximate surface area is 113 Å². The molecule has 0 N–H and O–H groups in total. The van der Waals surface area contributed by atoms with E-state index >= 15 is 0 Å². The summed E-state index contributed by atoms with van der Waals surface area (Å²) in [7, 11) is 0. The van der Waals surface area contributed by atoms with Gasteiger partial charge in [-0.05, 0) is 31.9 Å². The maximum Gasteiger partial charge on any atom is 0.325 e. The number of carbonyl (C=O) groups excluding carboxylic acids is 1. The molecule has 1 unspecified atom stereocenters. The third-order valence-electron chi connectivity index (χ3n) is 4.12. The number of urea groups is 1. The summed E-state index contributed by atoms with van der Waals surface area (Å²) in [6.45, 7) is 5.90. The molecule has 5 nitrogen and oxygen atoms in total. The van der Waals surface area contributed by atoms with Gasteiger partial charge in [-0.3, -0.25) is 14.8 Å². The minimum atomic E-state index is 0.104. The quantitative estimate of drug-likeness (QED) is 0.831. The summed E-state index contributed by atoms with van der Waals surface area (Å²) in [4.78, 5) is 22.8. The third kappa shape index (κ3) is 2.30. The average molecular weight is 260 g/mol. The summed E-state index contributed by atoms with van der Waals surface area (Å²) in [6, 6.07) is 3.91. The van der Waals surface area contributed by atoms with Gasteiger partial charge in [-0.25, -0.2) is 4.79 Å². The number of pyridine rings is 1. The van der Waals surface area contributed by atoms with Gasteiger partial charge >= 0.3 is 6.03 Å². The Morgan fingerprint density at radius 2 is 2.00 bits per heavy atom. The Morgan fingerprint density at radius 1 is 1.21 bits per heavy atom. The van der Waals surface area contributed by atoms with Crippen molar-refractivity contribution < 1.29 is 4.79 Å². The van der Waals surface area contributed by atoms with Crippen LogP contribution >= 0.6 is 0 Å². The molecule has 1 aromatic heterocycles. The monoisotopic (exact) mass is 260 g/mol. The fraction of sp³-hybridized carbons (Fsp3) is 0.571. The molecule has 5 heteroatoms. The van der Waals surface area contributed by atoms with Crippen LogP contribution < -0.4 is 4.90 Å². The zero-order valence-corrected chi connectivity index (χ0v) is 11.3. The van der Waals surface area contributed by atoms with Crippen LogP contribution in [0.5, 0.6) is 0 Å². The molecule has 19 heavy (non-hydrogen) atoms. The van der Waals surface area contributed by atoms with Gasteiger partial charge in [0, 0.05) is 32.4 Å². The van der Waals surface area contributed by atoms with Gasteiger partial charge in [0.15, 0.2) is 0 Å². The lowest BCUT2D eigenvalue weighted by Crippen LogP contribution is -2.47. The molecule has 3 rings (SSSR count). The highest BCUT2D eigenvalue weighted by Crippen LogP contribution is 2.23. The van der Waals surface area contributed by atoms with E-state index in [1.54, 1.807) is 12.4 Å². The van der Waals surface area contributed by atoms with Gasteiger partial charge < -0.3 is 4.90 Å². The number of nitrogens with zero attached hydrogens (tertiary/aromatic N) is 4. The number of hydrogen-bond acceptors (Lipinski definition) is 3. The van der Waals surface area contributed by atoms with Crippen molar-refractivity contribution in [1.29, 1.82) is 0 Å². The van der Waals surface area contributed by atoms with Crippen LogP contribution in [0.15, 0.2) is 24.5 Å². The van der Waals surface area contributed by atoms with E-state index in [1.165, 1.54) is 12.8 Å². The molecule has 0 saturated carbocycles. The number of rotatable bonds is 3. The third-order valence-corrected chi connectivity index (χ3v) is 4.12. The molecule has 0 aliphatic carbocycles. The summed E-state index contributed by atoms with van der Waals surface area (Å²) in [6.07, 6.45) is 6.19. The molecule has 2 aliphatic heterocycles. The maximum absolute atomic E-state index is 12.5. The maximum atomic E-state index is 12.5. The highest BCUT2D eigenvalue weighted by atomic mass is 16.2. The minimum Gasteiger partial charge on any atom is -0.307 e. The number of carbonyl (C=O) groups is 1. The van der Waals surface area contributed by atoms with E-state index in [-0.39, 0.29) is 12.2 Å². The minimum absolute atomic E-state index is 0.104. The molecule has 1 aromatic rings. The van der Waals surface area contributed by atoms with E-state index < -0.39 is 0 Å². The zero-order valence-electron chi connectivity index (χ0n) is 11.3. The van der Waals surface area contributed by atoms with Crippen LogP contribution in [0.2, 0.25) is 0 Å². The molecule has 0 bridgehead atoms. The SMILES string of the molecule is CC(N1CCCC1)N1CCN(c2cccnc2)C1=O. The van der Waals surface area contributed by atoms with Gasteiger partial charge in [0.25, 0.3) is 0 Å². The molecule has 0 spiro atoms. The number of aromatic nitrogens is 1. The second-order valence-corrected chi connectivity index (χ2v) is 5.21. The van der Waals surface area contributed by atoms with Crippen molar-refractivity contribution in [3.05, 3.63) is 24.5 Å². The average Bonchev–Trinajstić information content (AvgIpc) is 3.08. The lowest BCUT2D eigenvalue weighted by molar-refractivity contribution is 0.113. The Balaban J connectivity index is 1.71. The molecule has 1 atom stereocenters. The first-order valence-corrected chi connectivity index (χ1v) is 6.99. The van der Waals surface area contributed by atoms with Crippen molar-refractivity contribution in [2.75, 3.05) is 31.1 Å². The van der Waals surface area contributed by atoms with E-state index in [0.717, 1.165) is 31.9 Å². The second kappa shape index (κ2) is 5.17. The topological polar surface area (TPSA) is 39.7 Å². The molecule has 2 fully saturated rings. The fourth-order valence-corrected chi connectivity index (χ4v) is 2.97. The standard InChI is InChI=1S/C14H20N4O/c1-12(16-7-2-3-8-16)17-9-10-18(14(17)19)13-5-4-6-15-11-13/h4-6,11-12H,2-3,7-10H2,1H3. The molecule has 2 amide bonds. The summed E-state index contributed by atoms with van der Waals surface area (Å²) in [5.41, 5.74) is 0.892. The van der Waals surface area contributed by atoms with Crippen LogP contribution in [0, 0.1) is 0 Å².